The lowest BCUT2D eigenvalue weighted by Gasteiger charge is -2.27. The van der Waals surface area contributed by atoms with Gasteiger partial charge >= 0.3 is 13.5 Å². The Balaban J connectivity index is 1.29. The fourth-order valence-electron chi connectivity index (χ4n) is 5.37. The average Bonchev–Trinajstić information content (AvgIpc) is 3.73. The van der Waals surface area contributed by atoms with E-state index < -0.39 is 56.3 Å². The van der Waals surface area contributed by atoms with Crippen LogP contribution in [-0.2, 0) is 23.6 Å². The first kappa shape index (κ1) is 33.0. The first-order valence-corrected chi connectivity index (χ1v) is 16.5. The van der Waals surface area contributed by atoms with Gasteiger partial charge < -0.3 is 40.2 Å². The molecule has 16 nitrogen and oxygen atoms in total. The lowest BCUT2D eigenvalue weighted by molar-refractivity contribution is -0.142. The third-order valence-electron chi connectivity index (χ3n) is 7.71. The number of esters is 1. The van der Waals surface area contributed by atoms with Crippen molar-refractivity contribution < 1.29 is 38.4 Å². The van der Waals surface area contributed by atoms with Gasteiger partial charge in [0.15, 0.2) is 29.4 Å². The van der Waals surface area contributed by atoms with Crippen molar-refractivity contribution in [3.63, 3.8) is 0 Å². The maximum Gasteiger partial charge on any atom is 0.338 e. The third kappa shape index (κ3) is 7.55. The summed E-state index contributed by atoms with van der Waals surface area (Å²) in [4.78, 5) is 39.4. The molecule has 0 radical (unpaired) electrons. The van der Waals surface area contributed by atoms with Crippen molar-refractivity contribution in [3.05, 3.63) is 41.9 Å². The molecule has 1 aliphatic carbocycles. The number of para-hydroxylation sites is 1. The molecule has 3 aromatic rings. The summed E-state index contributed by atoms with van der Waals surface area (Å²) in [5, 5.41) is 27.6. The number of halogens is 1. The van der Waals surface area contributed by atoms with E-state index in [0.29, 0.717) is 17.0 Å². The van der Waals surface area contributed by atoms with Gasteiger partial charge in [0, 0.05) is 19.6 Å². The number of carbonyl (C=O) groups is 2. The summed E-state index contributed by atoms with van der Waals surface area (Å²) >= 11 is 6.23. The van der Waals surface area contributed by atoms with Crippen LogP contribution in [0.3, 0.4) is 0 Å². The summed E-state index contributed by atoms with van der Waals surface area (Å²) < 4.78 is 31.4. The van der Waals surface area contributed by atoms with Crippen LogP contribution in [0.25, 0.3) is 11.2 Å². The number of hydrogen-bond donors (Lipinski definition) is 5. The van der Waals surface area contributed by atoms with Gasteiger partial charge in [0.2, 0.25) is 11.2 Å². The van der Waals surface area contributed by atoms with Crippen LogP contribution in [0, 0.1) is 0 Å². The number of nitrogens with two attached hydrogens (primary N) is 1. The lowest BCUT2D eigenvalue weighted by Crippen LogP contribution is -2.46. The summed E-state index contributed by atoms with van der Waals surface area (Å²) in [6.45, 7) is -0.196. The quantitative estimate of drug-likeness (QED) is 0.0795. The predicted octanol–water partition coefficient (Wildman–Crippen LogP) is 1.23. The van der Waals surface area contributed by atoms with Gasteiger partial charge in [0.1, 0.15) is 30.2 Å². The van der Waals surface area contributed by atoms with Gasteiger partial charge in [-0.25, -0.2) is 14.9 Å². The Morgan fingerprint density at radius 2 is 1.93 bits per heavy atom. The minimum Gasteiger partial charge on any atom is -0.467 e. The van der Waals surface area contributed by atoms with Crippen LogP contribution in [0.4, 0.5) is 5.82 Å². The molecule has 2 aliphatic rings. The number of aliphatic hydroxyl groups excluding tert-OH is 2. The largest absolute Gasteiger partial charge is 0.467 e. The van der Waals surface area contributed by atoms with E-state index in [1.165, 1.54) is 35.0 Å². The number of anilines is 1. The van der Waals surface area contributed by atoms with Gasteiger partial charge in [-0.3, -0.25) is 13.9 Å². The number of nitrogens with zero attached hydrogens (tertiary/aromatic N) is 5. The normalized spacial score (nSPS) is 23.9. The Hall–Kier alpha value is -3.37. The molecule has 1 aromatic carbocycles. The van der Waals surface area contributed by atoms with Crippen LogP contribution in [0.15, 0.2) is 36.7 Å². The number of benzene rings is 1. The summed E-state index contributed by atoms with van der Waals surface area (Å²) in [5.74, 6) is -0.939. The van der Waals surface area contributed by atoms with Crippen LogP contribution in [0.1, 0.15) is 31.9 Å². The Labute approximate surface area is 263 Å². The number of aromatic nitrogens is 4. The fourth-order valence-corrected chi connectivity index (χ4v) is 7.33. The van der Waals surface area contributed by atoms with Crippen molar-refractivity contribution in [2.75, 3.05) is 32.2 Å². The molecule has 1 unspecified atom stereocenters. The van der Waals surface area contributed by atoms with Crippen LogP contribution < -0.4 is 20.7 Å². The molecule has 6 N–H and O–H groups in total. The first-order valence-electron chi connectivity index (χ1n) is 14.3. The molecular formula is C27H36ClN8O8P. The predicted molar refractivity (Wildman–Crippen MR) is 162 cm³/mol. The van der Waals surface area contributed by atoms with Crippen LogP contribution in [-0.4, -0.2) is 104 Å². The molecule has 3 heterocycles. The maximum atomic E-state index is 13.8. The Morgan fingerprint density at radius 1 is 1.22 bits per heavy atom. The van der Waals surface area contributed by atoms with Gasteiger partial charge in [-0.05, 0) is 36.6 Å². The molecule has 6 atom stereocenters. The SMILES string of the molecule is COC(=O)[C@H](N)NP(=O)(CC(=O)N(C)C[C@H]1O[C@@H](n2cnc3c(NC4CCCC4)nc(Cl)nc32)[C@H](O)[C@@H]1O)Oc1ccccc1. The zero-order valence-corrected chi connectivity index (χ0v) is 26.3. The number of likely N-dealkylation sites (N-methyl/N-ethyl adjacent to an activating group) is 1. The van der Waals surface area contributed by atoms with Crippen molar-refractivity contribution >= 4 is 48.0 Å². The summed E-state index contributed by atoms with van der Waals surface area (Å²) in [6, 6.07) is 8.30. The van der Waals surface area contributed by atoms with E-state index in [0.717, 1.165) is 32.8 Å². The van der Waals surface area contributed by atoms with E-state index in [-0.39, 0.29) is 23.6 Å². The molecule has 2 fully saturated rings. The zero-order valence-electron chi connectivity index (χ0n) is 24.7. The molecule has 244 valence electrons. The van der Waals surface area contributed by atoms with Crippen LogP contribution in [0.2, 0.25) is 5.28 Å². The van der Waals surface area contributed by atoms with Crippen molar-refractivity contribution in [3.8, 4) is 5.75 Å². The monoisotopic (exact) mass is 666 g/mol. The van der Waals surface area contributed by atoms with E-state index in [4.69, 9.17) is 26.6 Å². The topological polar surface area (TPSA) is 216 Å². The number of fused-ring (bicyclic) bond motifs is 1. The standard InChI is InChI=1S/C27H36ClN8O8P/c1-35(18(37)13-45(41,34-22(29)26(40)42-2)44-16-10-4-3-5-11-16)12-17-20(38)21(39)25(43-17)36-14-30-19-23(31-15-8-6-7-9-15)32-27(28)33-24(19)36/h3-5,10-11,14-15,17,20-22,25,38-39H,6-9,12-13,29H2,1-2H3,(H,34,41)(H,31,32,33)/t17-,20-,21-,22-,25-,45?/m1/s1. The molecule has 45 heavy (non-hydrogen) atoms. The molecular weight excluding hydrogens is 631 g/mol. The minimum atomic E-state index is -4.11. The Morgan fingerprint density at radius 3 is 2.62 bits per heavy atom. The van der Waals surface area contributed by atoms with Crippen molar-refractivity contribution in [1.82, 2.24) is 29.5 Å². The van der Waals surface area contributed by atoms with E-state index in [2.05, 4.69) is 30.1 Å². The second-order valence-corrected chi connectivity index (χ2v) is 13.4. The minimum absolute atomic E-state index is 0.0256. The van der Waals surface area contributed by atoms with Gasteiger partial charge in [-0.2, -0.15) is 9.97 Å². The van der Waals surface area contributed by atoms with E-state index in [1.54, 1.807) is 18.2 Å². The molecule has 1 saturated carbocycles. The van der Waals surface area contributed by atoms with Gasteiger partial charge in [0.25, 0.3) is 0 Å². The smallest absolute Gasteiger partial charge is 0.338 e. The molecule has 2 aromatic heterocycles. The van der Waals surface area contributed by atoms with E-state index >= 15 is 0 Å². The summed E-state index contributed by atoms with van der Waals surface area (Å²) in [7, 11) is -1.59. The molecule has 5 rings (SSSR count). The number of hydrogen-bond acceptors (Lipinski definition) is 13. The summed E-state index contributed by atoms with van der Waals surface area (Å²) in [6.07, 6.45) is -1.58. The average molecular weight is 667 g/mol. The van der Waals surface area contributed by atoms with Gasteiger partial charge in [-0.15, -0.1) is 0 Å². The maximum absolute atomic E-state index is 13.8. The Bertz CT molecular complexity index is 1560. The second kappa shape index (κ2) is 14.0. The third-order valence-corrected chi connectivity index (χ3v) is 9.74. The zero-order chi connectivity index (χ0) is 32.3. The fraction of sp³-hybridized carbons (Fsp3) is 0.519. The summed E-state index contributed by atoms with van der Waals surface area (Å²) in [5.41, 5.74) is 6.50. The highest BCUT2D eigenvalue weighted by Crippen LogP contribution is 2.43. The number of carbonyl (C=O) groups excluding carboxylic acids is 2. The molecule has 0 spiro atoms. The van der Waals surface area contributed by atoms with Crippen molar-refractivity contribution in [1.29, 1.82) is 0 Å². The molecule has 18 heteroatoms. The van der Waals surface area contributed by atoms with E-state index in [9.17, 15) is 24.4 Å². The van der Waals surface area contributed by atoms with Crippen molar-refractivity contribution in [2.24, 2.45) is 5.73 Å². The van der Waals surface area contributed by atoms with Gasteiger partial charge in [0.05, 0.1) is 13.4 Å². The first-order chi connectivity index (χ1) is 21.5. The number of amides is 1. The number of imidazole rings is 1. The van der Waals surface area contributed by atoms with Crippen LogP contribution in [0.5, 0.6) is 5.75 Å². The molecule has 1 saturated heterocycles. The van der Waals surface area contributed by atoms with E-state index in [1.807, 2.05) is 0 Å². The molecule has 1 aliphatic heterocycles. The Kier molecular flexibility index (Phi) is 10.2. The lowest BCUT2D eigenvalue weighted by atomic mass is 10.1. The highest BCUT2D eigenvalue weighted by atomic mass is 35.5. The number of ether oxygens (including phenoxy) is 2. The molecule has 0 bridgehead atoms. The number of rotatable bonds is 12. The van der Waals surface area contributed by atoms with Gasteiger partial charge in [-0.1, -0.05) is 31.0 Å². The number of methoxy groups -OCH3 is 1. The second-order valence-electron chi connectivity index (χ2n) is 11.0. The molecule has 1 amide bonds. The van der Waals surface area contributed by atoms with Crippen LogP contribution >= 0.6 is 19.1 Å². The number of nitrogens with one attached hydrogen (secondary N) is 2. The highest BCUT2D eigenvalue weighted by molar-refractivity contribution is 7.58. The highest BCUT2D eigenvalue weighted by Gasteiger charge is 2.45. The van der Waals surface area contributed by atoms with Crippen molar-refractivity contribution in [2.45, 2.75) is 62.4 Å². The number of aliphatic hydroxyl groups is 2.